The molecule has 4 heteroatoms. The van der Waals surface area contributed by atoms with Gasteiger partial charge in [0.2, 0.25) is 5.91 Å². The van der Waals surface area contributed by atoms with E-state index >= 15 is 0 Å². The number of aromatic nitrogens is 1. The van der Waals surface area contributed by atoms with Gasteiger partial charge < -0.3 is 14.2 Å². The van der Waals surface area contributed by atoms with Gasteiger partial charge in [-0.15, -0.1) is 0 Å². The van der Waals surface area contributed by atoms with E-state index in [-0.39, 0.29) is 18.6 Å². The SMILES string of the molecule is CC(C)[C@@H](C)N(Cc1cccn1Cc1ccccc1)C(=O)COCc1ccccc1. The predicted octanol–water partition coefficient (Wildman–Crippen LogP) is 5.13. The molecule has 0 saturated heterocycles. The Bertz CT molecular complexity index is 903. The summed E-state index contributed by atoms with van der Waals surface area (Å²) in [6.07, 6.45) is 2.08. The first-order valence-electron chi connectivity index (χ1n) is 10.6. The molecule has 0 aliphatic carbocycles. The summed E-state index contributed by atoms with van der Waals surface area (Å²) >= 11 is 0. The summed E-state index contributed by atoms with van der Waals surface area (Å²) in [5.74, 6) is 0.389. The molecule has 1 aromatic heterocycles. The molecule has 0 aliphatic heterocycles. The van der Waals surface area contributed by atoms with Crippen LogP contribution < -0.4 is 0 Å². The average Bonchev–Trinajstić information content (AvgIpc) is 3.19. The van der Waals surface area contributed by atoms with E-state index in [0.29, 0.717) is 19.1 Å². The fourth-order valence-corrected chi connectivity index (χ4v) is 3.43. The Hall–Kier alpha value is -2.85. The van der Waals surface area contributed by atoms with Crippen LogP contribution in [0.3, 0.4) is 0 Å². The molecule has 0 spiro atoms. The monoisotopic (exact) mass is 404 g/mol. The van der Waals surface area contributed by atoms with E-state index in [1.54, 1.807) is 0 Å². The minimum atomic E-state index is 0.0274. The highest BCUT2D eigenvalue weighted by Gasteiger charge is 2.24. The maximum absolute atomic E-state index is 13.1. The summed E-state index contributed by atoms with van der Waals surface area (Å²) in [5.41, 5.74) is 3.45. The smallest absolute Gasteiger partial charge is 0.249 e. The first kappa shape index (κ1) is 21.8. The van der Waals surface area contributed by atoms with Crippen LogP contribution >= 0.6 is 0 Å². The summed E-state index contributed by atoms with van der Waals surface area (Å²) in [6, 6.07) is 24.6. The van der Waals surface area contributed by atoms with Crippen LogP contribution in [-0.4, -0.2) is 28.0 Å². The van der Waals surface area contributed by atoms with Crippen molar-refractivity contribution in [2.24, 2.45) is 5.92 Å². The van der Waals surface area contributed by atoms with Crippen LogP contribution in [-0.2, 0) is 29.2 Å². The number of carbonyl (C=O) groups is 1. The van der Waals surface area contributed by atoms with Crippen molar-refractivity contribution < 1.29 is 9.53 Å². The average molecular weight is 405 g/mol. The molecule has 0 saturated carbocycles. The molecular weight excluding hydrogens is 372 g/mol. The van der Waals surface area contributed by atoms with Crippen molar-refractivity contribution in [3.8, 4) is 0 Å². The van der Waals surface area contributed by atoms with Gasteiger partial charge in [-0.25, -0.2) is 0 Å². The number of benzene rings is 2. The number of carbonyl (C=O) groups excluding carboxylic acids is 1. The molecule has 2 aromatic carbocycles. The lowest BCUT2D eigenvalue weighted by Crippen LogP contribution is -2.43. The molecule has 0 fully saturated rings. The Labute approximate surface area is 180 Å². The first-order chi connectivity index (χ1) is 14.5. The first-order valence-corrected chi connectivity index (χ1v) is 10.6. The molecule has 3 aromatic rings. The second-order valence-corrected chi connectivity index (χ2v) is 8.10. The van der Waals surface area contributed by atoms with Gasteiger partial charge in [-0.05, 0) is 36.1 Å². The quantitative estimate of drug-likeness (QED) is 0.470. The largest absolute Gasteiger partial charge is 0.367 e. The van der Waals surface area contributed by atoms with Gasteiger partial charge in [0, 0.05) is 24.5 Å². The van der Waals surface area contributed by atoms with Crippen molar-refractivity contribution in [2.75, 3.05) is 6.61 Å². The van der Waals surface area contributed by atoms with Gasteiger partial charge in [0.05, 0.1) is 13.2 Å². The lowest BCUT2D eigenvalue weighted by atomic mass is 10.0. The van der Waals surface area contributed by atoms with Gasteiger partial charge in [-0.3, -0.25) is 4.79 Å². The minimum Gasteiger partial charge on any atom is -0.367 e. The van der Waals surface area contributed by atoms with E-state index in [0.717, 1.165) is 17.8 Å². The van der Waals surface area contributed by atoms with E-state index in [4.69, 9.17) is 4.74 Å². The van der Waals surface area contributed by atoms with Crippen molar-refractivity contribution in [1.29, 1.82) is 0 Å². The van der Waals surface area contributed by atoms with Crippen molar-refractivity contribution in [2.45, 2.75) is 46.5 Å². The number of ether oxygens (including phenoxy) is 1. The summed E-state index contributed by atoms with van der Waals surface area (Å²) in [6.45, 7) is 8.33. The van der Waals surface area contributed by atoms with Crippen LogP contribution in [0.4, 0.5) is 0 Å². The van der Waals surface area contributed by atoms with E-state index in [1.807, 2.05) is 47.4 Å². The highest BCUT2D eigenvalue weighted by Crippen LogP contribution is 2.17. The third-order valence-corrected chi connectivity index (χ3v) is 5.57. The Balaban J connectivity index is 1.67. The maximum Gasteiger partial charge on any atom is 0.249 e. The molecule has 0 bridgehead atoms. The molecular formula is C26H32N2O2. The fraction of sp³-hybridized carbons (Fsp3) is 0.346. The Kier molecular flexibility index (Phi) is 7.86. The third kappa shape index (κ3) is 6.07. The molecule has 1 atom stereocenters. The summed E-state index contributed by atoms with van der Waals surface area (Å²) in [5, 5.41) is 0. The van der Waals surface area contributed by atoms with Crippen LogP contribution in [0, 0.1) is 5.92 Å². The fourth-order valence-electron chi connectivity index (χ4n) is 3.43. The standard InChI is InChI=1S/C26H32N2O2/c1-21(2)22(3)28(26(29)20-30-19-24-13-8-5-9-14-24)18-25-15-10-16-27(25)17-23-11-6-4-7-12-23/h4-16,21-22H,17-20H2,1-3H3/t22-/m1/s1. The highest BCUT2D eigenvalue weighted by molar-refractivity contribution is 5.77. The van der Waals surface area contributed by atoms with Crippen LogP contribution in [0.1, 0.15) is 37.6 Å². The molecule has 1 amide bonds. The Morgan fingerprint density at radius 3 is 2.17 bits per heavy atom. The highest BCUT2D eigenvalue weighted by atomic mass is 16.5. The van der Waals surface area contributed by atoms with E-state index in [1.165, 1.54) is 5.56 Å². The zero-order valence-electron chi connectivity index (χ0n) is 18.2. The second-order valence-electron chi connectivity index (χ2n) is 8.10. The molecule has 0 N–H and O–H groups in total. The van der Waals surface area contributed by atoms with E-state index in [9.17, 15) is 4.79 Å². The molecule has 30 heavy (non-hydrogen) atoms. The van der Waals surface area contributed by atoms with Gasteiger partial charge in [0.25, 0.3) is 0 Å². The maximum atomic E-state index is 13.1. The van der Waals surface area contributed by atoms with Crippen molar-refractivity contribution in [3.05, 3.63) is 95.8 Å². The van der Waals surface area contributed by atoms with Crippen LogP contribution in [0.25, 0.3) is 0 Å². The number of rotatable bonds is 10. The molecule has 0 aliphatic rings. The molecule has 1 heterocycles. The molecule has 0 unspecified atom stereocenters. The van der Waals surface area contributed by atoms with Crippen LogP contribution in [0.15, 0.2) is 79.0 Å². The second kappa shape index (κ2) is 10.8. The van der Waals surface area contributed by atoms with Gasteiger partial charge in [0.1, 0.15) is 6.61 Å². The Morgan fingerprint density at radius 1 is 0.900 bits per heavy atom. The molecule has 0 radical (unpaired) electrons. The number of amides is 1. The third-order valence-electron chi connectivity index (χ3n) is 5.57. The van der Waals surface area contributed by atoms with Crippen LogP contribution in [0.2, 0.25) is 0 Å². The molecule has 4 nitrogen and oxygen atoms in total. The number of nitrogens with zero attached hydrogens (tertiary/aromatic N) is 2. The summed E-state index contributed by atoms with van der Waals surface area (Å²) in [7, 11) is 0. The van der Waals surface area contributed by atoms with Gasteiger partial charge in [-0.2, -0.15) is 0 Å². The van der Waals surface area contributed by atoms with Gasteiger partial charge in [0.15, 0.2) is 0 Å². The normalized spacial score (nSPS) is 12.1. The lowest BCUT2D eigenvalue weighted by Gasteiger charge is -2.32. The summed E-state index contributed by atoms with van der Waals surface area (Å²) in [4.78, 5) is 15.0. The van der Waals surface area contributed by atoms with Crippen molar-refractivity contribution >= 4 is 5.91 Å². The van der Waals surface area contributed by atoms with Crippen molar-refractivity contribution in [1.82, 2.24) is 9.47 Å². The zero-order chi connectivity index (χ0) is 21.3. The predicted molar refractivity (Wildman–Crippen MR) is 121 cm³/mol. The number of hydrogen-bond donors (Lipinski definition) is 0. The topological polar surface area (TPSA) is 34.5 Å². The van der Waals surface area contributed by atoms with E-state index < -0.39 is 0 Å². The lowest BCUT2D eigenvalue weighted by molar-refractivity contribution is -0.140. The minimum absolute atomic E-state index is 0.0274. The van der Waals surface area contributed by atoms with Gasteiger partial charge >= 0.3 is 0 Å². The van der Waals surface area contributed by atoms with Crippen LogP contribution in [0.5, 0.6) is 0 Å². The zero-order valence-corrected chi connectivity index (χ0v) is 18.2. The van der Waals surface area contributed by atoms with Gasteiger partial charge in [-0.1, -0.05) is 74.5 Å². The molecule has 158 valence electrons. The Morgan fingerprint density at radius 2 is 1.53 bits per heavy atom. The van der Waals surface area contributed by atoms with Crippen molar-refractivity contribution in [3.63, 3.8) is 0 Å². The number of hydrogen-bond acceptors (Lipinski definition) is 2. The summed E-state index contributed by atoms with van der Waals surface area (Å²) < 4.78 is 7.96. The van der Waals surface area contributed by atoms with E-state index in [2.05, 4.69) is 61.9 Å². The molecule has 3 rings (SSSR count).